The van der Waals surface area contributed by atoms with Crippen LogP contribution in [0.25, 0.3) is 0 Å². The molecule has 98 valence electrons. The van der Waals surface area contributed by atoms with Gasteiger partial charge in [-0.3, -0.25) is 4.99 Å². The van der Waals surface area contributed by atoms with E-state index in [-0.39, 0.29) is 0 Å². The van der Waals surface area contributed by atoms with Gasteiger partial charge in [-0.2, -0.15) is 0 Å². The van der Waals surface area contributed by atoms with Gasteiger partial charge in [-0.1, -0.05) is 12.1 Å². The van der Waals surface area contributed by atoms with Crippen LogP contribution in [0.1, 0.15) is 6.42 Å². The number of guanidine groups is 1. The average molecular weight is 311 g/mol. The van der Waals surface area contributed by atoms with Crippen LogP contribution in [-0.2, 0) is 0 Å². The van der Waals surface area contributed by atoms with Gasteiger partial charge in [-0.05, 0) is 34.5 Å². The number of nitrogens with zero attached hydrogens (tertiary/aromatic N) is 2. The average Bonchev–Trinajstić information content (AvgIpc) is 2.85. The smallest absolute Gasteiger partial charge is 0.190 e. The number of hydrogen-bond donors (Lipinski definition) is 2. The predicted molar refractivity (Wildman–Crippen MR) is 80.3 cm³/mol. The molecule has 1 aromatic rings. The Morgan fingerprint density at radius 3 is 2.89 bits per heavy atom. The summed E-state index contributed by atoms with van der Waals surface area (Å²) < 4.78 is 1.16. The van der Waals surface area contributed by atoms with Crippen molar-refractivity contribution in [3.05, 3.63) is 28.7 Å². The summed E-state index contributed by atoms with van der Waals surface area (Å²) in [6, 6.07) is 8.81. The normalized spacial score (nSPS) is 20.1. The van der Waals surface area contributed by atoms with E-state index in [4.69, 9.17) is 0 Å². The third-order valence-electron chi connectivity index (χ3n) is 3.18. The highest BCUT2D eigenvalue weighted by molar-refractivity contribution is 9.10. The first-order chi connectivity index (χ1) is 8.74. The predicted octanol–water partition coefficient (Wildman–Crippen LogP) is 1.82. The van der Waals surface area contributed by atoms with Gasteiger partial charge in [0.05, 0.1) is 5.69 Å². The summed E-state index contributed by atoms with van der Waals surface area (Å²) in [6.07, 6.45) is 1.13. The minimum absolute atomic E-state index is 0.447. The molecule has 1 aromatic carbocycles. The number of rotatable bonds is 2. The molecule has 0 aliphatic carbocycles. The zero-order valence-electron chi connectivity index (χ0n) is 10.8. The molecule has 1 heterocycles. The Morgan fingerprint density at radius 2 is 2.22 bits per heavy atom. The molecule has 2 rings (SSSR count). The summed E-state index contributed by atoms with van der Waals surface area (Å²) in [6.45, 7) is 2.07. The second kappa shape index (κ2) is 6.09. The summed E-state index contributed by atoms with van der Waals surface area (Å²) in [7, 11) is 3.68. The minimum Gasteiger partial charge on any atom is -0.368 e. The fraction of sp³-hybridized carbons (Fsp3) is 0.462. The molecule has 0 saturated carbocycles. The highest BCUT2D eigenvalue weighted by atomic mass is 79.9. The molecule has 1 atom stereocenters. The van der Waals surface area contributed by atoms with Crippen molar-refractivity contribution in [1.82, 2.24) is 10.6 Å². The summed E-state index contributed by atoms with van der Waals surface area (Å²) in [5.74, 6) is 0.856. The molecule has 18 heavy (non-hydrogen) atoms. The lowest BCUT2D eigenvalue weighted by Gasteiger charge is -2.21. The molecular weight excluding hydrogens is 292 g/mol. The quantitative estimate of drug-likeness (QED) is 0.646. The van der Waals surface area contributed by atoms with Gasteiger partial charge < -0.3 is 15.5 Å². The lowest BCUT2D eigenvalue weighted by Crippen LogP contribution is -2.43. The van der Waals surface area contributed by atoms with E-state index in [0.29, 0.717) is 6.04 Å². The van der Waals surface area contributed by atoms with Crippen molar-refractivity contribution in [3.8, 4) is 0 Å². The van der Waals surface area contributed by atoms with E-state index in [1.807, 2.05) is 13.1 Å². The zero-order valence-corrected chi connectivity index (χ0v) is 12.4. The van der Waals surface area contributed by atoms with Gasteiger partial charge in [0.1, 0.15) is 0 Å². The topological polar surface area (TPSA) is 39.7 Å². The molecule has 4 nitrogen and oxygen atoms in total. The monoisotopic (exact) mass is 310 g/mol. The highest BCUT2D eigenvalue weighted by Gasteiger charge is 2.24. The molecule has 1 aliphatic heterocycles. The lowest BCUT2D eigenvalue weighted by molar-refractivity contribution is 0.657. The number of anilines is 1. The summed E-state index contributed by atoms with van der Waals surface area (Å²) in [5, 5.41) is 6.47. The first-order valence-electron chi connectivity index (χ1n) is 6.15. The number of halogens is 1. The van der Waals surface area contributed by atoms with Gasteiger partial charge in [0.15, 0.2) is 5.96 Å². The number of aliphatic imine (C=N–C) groups is 1. The van der Waals surface area contributed by atoms with Crippen LogP contribution in [0.2, 0.25) is 0 Å². The number of para-hydroxylation sites is 1. The second-order valence-electron chi connectivity index (χ2n) is 4.35. The van der Waals surface area contributed by atoms with E-state index in [9.17, 15) is 0 Å². The van der Waals surface area contributed by atoms with Crippen molar-refractivity contribution in [2.45, 2.75) is 12.5 Å². The van der Waals surface area contributed by atoms with Crippen LogP contribution in [-0.4, -0.2) is 39.2 Å². The van der Waals surface area contributed by atoms with E-state index in [2.05, 4.69) is 54.7 Å². The molecule has 0 amide bonds. The van der Waals surface area contributed by atoms with E-state index < -0.39 is 0 Å². The van der Waals surface area contributed by atoms with Crippen molar-refractivity contribution in [1.29, 1.82) is 0 Å². The van der Waals surface area contributed by atoms with Gasteiger partial charge in [0.2, 0.25) is 0 Å². The Morgan fingerprint density at radius 1 is 1.44 bits per heavy atom. The van der Waals surface area contributed by atoms with Gasteiger partial charge in [0, 0.05) is 37.7 Å². The second-order valence-corrected chi connectivity index (χ2v) is 5.20. The lowest BCUT2D eigenvalue weighted by atomic mass is 10.3. The molecule has 2 N–H and O–H groups in total. The summed E-state index contributed by atoms with van der Waals surface area (Å²) >= 11 is 3.61. The molecule has 1 aliphatic rings. The molecule has 0 spiro atoms. The van der Waals surface area contributed by atoms with Gasteiger partial charge in [-0.15, -0.1) is 0 Å². The first-order valence-corrected chi connectivity index (χ1v) is 6.94. The fourth-order valence-electron chi connectivity index (χ4n) is 2.25. The third-order valence-corrected chi connectivity index (χ3v) is 3.85. The fourth-order valence-corrected chi connectivity index (χ4v) is 2.78. The van der Waals surface area contributed by atoms with Crippen molar-refractivity contribution < 1.29 is 0 Å². The Hall–Kier alpha value is -1.23. The maximum Gasteiger partial charge on any atom is 0.190 e. The van der Waals surface area contributed by atoms with Crippen LogP contribution in [0.4, 0.5) is 5.69 Å². The largest absolute Gasteiger partial charge is 0.368 e. The SMILES string of the molecule is CN=C(NC)NC1CCN(c2ccccc2Br)C1. The Bertz CT molecular complexity index is 433. The van der Waals surface area contributed by atoms with Gasteiger partial charge in [-0.25, -0.2) is 0 Å². The molecule has 0 radical (unpaired) electrons. The molecule has 1 saturated heterocycles. The maximum absolute atomic E-state index is 4.15. The van der Waals surface area contributed by atoms with Crippen LogP contribution >= 0.6 is 15.9 Å². The Balaban J connectivity index is 1.99. The van der Waals surface area contributed by atoms with Crippen molar-refractivity contribution in [3.63, 3.8) is 0 Å². The number of benzene rings is 1. The molecular formula is C13H19BrN4. The van der Waals surface area contributed by atoms with Crippen LogP contribution in [0, 0.1) is 0 Å². The van der Waals surface area contributed by atoms with Crippen molar-refractivity contribution >= 4 is 27.6 Å². The molecule has 1 unspecified atom stereocenters. The molecule has 0 bridgehead atoms. The van der Waals surface area contributed by atoms with Crippen molar-refractivity contribution in [2.75, 3.05) is 32.1 Å². The Labute approximate surface area is 117 Å². The highest BCUT2D eigenvalue weighted by Crippen LogP contribution is 2.28. The van der Waals surface area contributed by atoms with E-state index in [0.717, 1.165) is 29.9 Å². The summed E-state index contributed by atoms with van der Waals surface area (Å²) in [5.41, 5.74) is 1.27. The zero-order chi connectivity index (χ0) is 13.0. The number of nitrogens with one attached hydrogen (secondary N) is 2. The van der Waals surface area contributed by atoms with Crippen LogP contribution in [0.15, 0.2) is 33.7 Å². The first kappa shape index (κ1) is 13.2. The summed E-state index contributed by atoms with van der Waals surface area (Å²) in [4.78, 5) is 6.55. The molecule has 5 heteroatoms. The minimum atomic E-state index is 0.447. The maximum atomic E-state index is 4.15. The van der Waals surface area contributed by atoms with Crippen molar-refractivity contribution in [2.24, 2.45) is 4.99 Å². The third kappa shape index (κ3) is 2.96. The molecule has 0 aromatic heterocycles. The van der Waals surface area contributed by atoms with Crippen LogP contribution in [0.3, 0.4) is 0 Å². The Kier molecular flexibility index (Phi) is 4.47. The van der Waals surface area contributed by atoms with E-state index in [1.54, 1.807) is 7.05 Å². The molecule has 1 fully saturated rings. The van der Waals surface area contributed by atoms with Gasteiger partial charge in [0.25, 0.3) is 0 Å². The van der Waals surface area contributed by atoms with Crippen LogP contribution in [0.5, 0.6) is 0 Å². The van der Waals surface area contributed by atoms with E-state index >= 15 is 0 Å². The van der Waals surface area contributed by atoms with Crippen LogP contribution < -0.4 is 15.5 Å². The van der Waals surface area contributed by atoms with Gasteiger partial charge >= 0.3 is 0 Å². The number of hydrogen-bond acceptors (Lipinski definition) is 2. The standard InChI is InChI=1S/C13H19BrN4/c1-15-13(16-2)17-10-7-8-18(9-10)12-6-4-3-5-11(12)14/h3-6,10H,7-9H2,1-2H3,(H2,15,16,17). The van der Waals surface area contributed by atoms with E-state index in [1.165, 1.54) is 5.69 Å².